The number of hydrogen-bond donors (Lipinski definition) is 1. The molecule has 0 aliphatic heterocycles. The number of anilines is 1. The van der Waals surface area contributed by atoms with E-state index in [9.17, 15) is 0 Å². The van der Waals surface area contributed by atoms with Gasteiger partial charge in [0.15, 0.2) is 0 Å². The Morgan fingerprint density at radius 1 is 1.29 bits per heavy atom. The minimum Gasteiger partial charge on any atom is -0.497 e. The van der Waals surface area contributed by atoms with E-state index < -0.39 is 0 Å². The minimum atomic E-state index is 0.532. The average Bonchev–Trinajstić information content (AvgIpc) is 2.35. The van der Waals surface area contributed by atoms with Crippen LogP contribution in [0, 0.1) is 3.57 Å². The maximum atomic E-state index is 5.74. The van der Waals surface area contributed by atoms with Crippen molar-refractivity contribution in [2.24, 2.45) is 0 Å². The van der Waals surface area contributed by atoms with Gasteiger partial charge in [-0.05, 0) is 40.3 Å². The summed E-state index contributed by atoms with van der Waals surface area (Å²) in [7, 11) is 1.65. The second kappa shape index (κ2) is 5.31. The third kappa shape index (κ3) is 3.06. The Morgan fingerprint density at radius 3 is 2.59 bits per heavy atom. The first-order chi connectivity index (χ1) is 8.19. The van der Waals surface area contributed by atoms with Gasteiger partial charge in [0.1, 0.15) is 17.4 Å². The number of rotatable bonds is 3. The highest BCUT2D eigenvalue weighted by molar-refractivity contribution is 14.1. The van der Waals surface area contributed by atoms with E-state index in [1.807, 2.05) is 24.3 Å². The molecule has 0 saturated heterocycles. The van der Waals surface area contributed by atoms with Gasteiger partial charge in [-0.1, -0.05) is 12.1 Å². The first kappa shape index (κ1) is 12.1. The highest BCUT2D eigenvalue weighted by Gasteiger charge is 2.03. The number of methoxy groups -OCH3 is 1. The number of nitrogens with zero attached hydrogens (tertiary/aromatic N) is 2. The molecule has 0 aliphatic rings. The van der Waals surface area contributed by atoms with Crippen molar-refractivity contribution in [2.75, 3.05) is 12.8 Å². The summed E-state index contributed by atoms with van der Waals surface area (Å²) in [6.07, 6.45) is 2.41. The molecule has 4 nitrogen and oxygen atoms in total. The Balaban J connectivity index is 2.16. The van der Waals surface area contributed by atoms with Crippen LogP contribution < -0.4 is 10.5 Å². The normalized spacial score (nSPS) is 10.2. The molecule has 1 heterocycles. The molecule has 0 spiro atoms. The molecule has 0 radical (unpaired) electrons. The van der Waals surface area contributed by atoms with Crippen LogP contribution in [0.5, 0.6) is 5.75 Å². The summed E-state index contributed by atoms with van der Waals surface area (Å²) < 4.78 is 5.98. The van der Waals surface area contributed by atoms with Gasteiger partial charge in [-0.25, -0.2) is 9.97 Å². The first-order valence-electron chi connectivity index (χ1n) is 5.09. The van der Waals surface area contributed by atoms with Gasteiger partial charge in [0.25, 0.3) is 0 Å². The van der Waals surface area contributed by atoms with Gasteiger partial charge in [-0.15, -0.1) is 0 Å². The van der Waals surface area contributed by atoms with E-state index in [0.717, 1.165) is 20.7 Å². The van der Waals surface area contributed by atoms with E-state index in [-0.39, 0.29) is 0 Å². The Hall–Kier alpha value is -1.37. The molecule has 0 unspecified atom stereocenters. The second-order valence-corrected chi connectivity index (χ2v) is 4.71. The lowest BCUT2D eigenvalue weighted by Crippen LogP contribution is -2.02. The van der Waals surface area contributed by atoms with Crippen LogP contribution >= 0.6 is 22.6 Å². The summed E-state index contributed by atoms with van der Waals surface area (Å²) in [5, 5.41) is 0. The number of halogens is 1. The molecule has 0 fully saturated rings. The lowest BCUT2D eigenvalue weighted by atomic mass is 10.1. The zero-order chi connectivity index (χ0) is 12.3. The first-order valence-corrected chi connectivity index (χ1v) is 6.16. The van der Waals surface area contributed by atoms with Gasteiger partial charge in [0, 0.05) is 12.6 Å². The van der Waals surface area contributed by atoms with Gasteiger partial charge in [-0.3, -0.25) is 0 Å². The molecule has 0 aliphatic carbocycles. The van der Waals surface area contributed by atoms with Gasteiger partial charge in [0.05, 0.1) is 10.7 Å². The highest BCUT2D eigenvalue weighted by atomic mass is 127. The summed E-state index contributed by atoms with van der Waals surface area (Å²) in [6.45, 7) is 0. The largest absolute Gasteiger partial charge is 0.497 e. The fourth-order valence-electron chi connectivity index (χ4n) is 1.43. The van der Waals surface area contributed by atoms with Crippen molar-refractivity contribution in [3.05, 3.63) is 45.4 Å². The predicted molar refractivity (Wildman–Crippen MR) is 75.0 cm³/mol. The maximum absolute atomic E-state index is 5.74. The van der Waals surface area contributed by atoms with Crippen LogP contribution in [0.4, 0.5) is 5.82 Å². The van der Waals surface area contributed by atoms with Gasteiger partial charge < -0.3 is 10.5 Å². The molecule has 2 N–H and O–H groups in total. The lowest BCUT2D eigenvalue weighted by Gasteiger charge is -2.04. The van der Waals surface area contributed by atoms with Gasteiger partial charge in [-0.2, -0.15) is 0 Å². The number of hydrogen-bond acceptors (Lipinski definition) is 4. The van der Waals surface area contributed by atoms with Gasteiger partial charge >= 0.3 is 0 Å². The fraction of sp³-hybridized carbons (Fsp3) is 0.167. The SMILES string of the molecule is COc1ccc(Cc2ncc(I)c(N)n2)cc1. The van der Waals surface area contributed by atoms with Crippen molar-refractivity contribution in [1.29, 1.82) is 0 Å². The van der Waals surface area contributed by atoms with E-state index in [1.165, 1.54) is 0 Å². The molecule has 1 aromatic carbocycles. The Bertz CT molecular complexity index is 514. The standard InChI is InChI=1S/C12H12IN3O/c1-17-9-4-2-8(3-5-9)6-11-15-7-10(13)12(14)16-11/h2-5,7H,6H2,1H3,(H2,14,15,16). The third-order valence-electron chi connectivity index (χ3n) is 2.34. The van der Waals surface area contributed by atoms with E-state index in [2.05, 4.69) is 32.6 Å². The van der Waals surface area contributed by atoms with Crippen LogP contribution in [0.2, 0.25) is 0 Å². The molecule has 0 amide bonds. The zero-order valence-electron chi connectivity index (χ0n) is 9.35. The Kier molecular flexibility index (Phi) is 3.78. The van der Waals surface area contributed by atoms with Crippen LogP contribution in [-0.4, -0.2) is 17.1 Å². The molecule has 1 aromatic heterocycles. The van der Waals surface area contributed by atoms with Crippen molar-refractivity contribution < 1.29 is 4.74 Å². The quantitative estimate of drug-likeness (QED) is 0.870. The van der Waals surface area contributed by atoms with Crippen LogP contribution in [0.25, 0.3) is 0 Å². The highest BCUT2D eigenvalue weighted by Crippen LogP contribution is 2.15. The monoisotopic (exact) mass is 341 g/mol. The molecule has 2 rings (SSSR count). The molecular weight excluding hydrogens is 329 g/mol. The molecule has 5 heteroatoms. The zero-order valence-corrected chi connectivity index (χ0v) is 11.5. The summed E-state index contributed by atoms with van der Waals surface area (Å²) in [5.41, 5.74) is 6.87. The van der Waals surface area contributed by atoms with Crippen molar-refractivity contribution in [2.45, 2.75) is 6.42 Å². The topological polar surface area (TPSA) is 61.0 Å². The molecular formula is C12H12IN3O. The van der Waals surface area contributed by atoms with E-state index in [0.29, 0.717) is 12.2 Å². The maximum Gasteiger partial charge on any atom is 0.140 e. The van der Waals surface area contributed by atoms with Gasteiger partial charge in [0.2, 0.25) is 0 Å². The Labute approximate surface area is 113 Å². The summed E-state index contributed by atoms with van der Waals surface area (Å²) >= 11 is 2.11. The number of nitrogens with two attached hydrogens (primary N) is 1. The van der Waals surface area contributed by atoms with Crippen molar-refractivity contribution >= 4 is 28.4 Å². The predicted octanol–water partition coefficient (Wildman–Crippen LogP) is 2.26. The number of nitrogen functional groups attached to an aromatic ring is 1. The third-order valence-corrected chi connectivity index (χ3v) is 3.17. The van der Waals surface area contributed by atoms with E-state index in [4.69, 9.17) is 10.5 Å². The van der Waals surface area contributed by atoms with Crippen molar-refractivity contribution in [3.63, 3.8) is 0 Å². The van der Waals surface area contributed by atoms with Crippen molar-refractivity contribution in [3.8, 4) is 5.75 Å². The van der Waals surface area contributed by atoms with Crippen LogP contribution in [0.3, 0.4) is 0 Å². The lowest BCUT2D eigenvalue weighted by molar-refractivity contribution is 0.414. The van der Waals surface area contributed by atoms with E-state index >= 15 is 0 Å². The van der Waals surface area contributed by atoms with Crippen LogP contribution in [-0.2, 0) is 6.42 Å². The summed E-state index contributed by atoms with van der Waals surface area (Å²) in [5.74, 6) is 2.11. The number of aromatic nitrogens is 2. The van der Waals surface area contributed by atoms with Crippen molar-refractivity contribution in [1.82, 2.24) is 9.97 Å². The van der Waals surface area contributed by atoms with Crippen LogP contribution in [0.1, 0.15) is 11.4 Å². The summed E-state index contributed by atoms with van der Waals surface area (Å²) in [4.78, 5) is 8.49. The smallest absolute Gasteiger partial charge is 0.140 e. The minimum absolute atomic E-state index is 0.532. The molecule has 2 aromatic rings. The number of ether oxygens (including phenoxy) is 1. The average molecular weight is 341 g/mol. The Morgan fingerprint density at radius 2 is 2.00 bits per heavy atom. The molecule has 0 bridgehead atoms. The van der Waals surface area contributed by atoms with Crippen LogP contribution in [0.15, 0.2) is 30.5 Å². The summed E-state index contributed by atoms with van der Waals surface area (Å²) in [6, 6.07) is 7.84. The van der Waals surface area contributed by atoms with E-state index in [1.54, 1.807) is 13.3 Å². The fourth-order valence-corrected chi connectivity index (χ4v) is 1.69. The number of benzene rings is 1. The molecule has 0 atom stereocenters. The molecule has 17 heavy (non-hydrogen) atoms. The second-order valence-electron chi connectivity index (χ2n) is 3.54. The molecule has 88 valence electrons. The molecule has 0 saturated carbocycles.